The summed E-state index contributed by atoms with van der Waals surface area (Å²) in [7, 11) is 1.72. The molecule has 3 aromatic heterocycles. The van der Waals surface area contributed by atoms with E-state index in [4.69, 9.17) is 26.9 Å². The summed E-state index contributed by atoms with van der Waals surface area (Å²) in [6, 6.07) is 14.0. The standard InChI is InChI=1S/C27H29N7O/c1-4-5-12-32-13-15-33(16-14-32)24-9-6-21(18-25(24)35-3)34-19(2)30-23-8-7-22(31-27(23)34)20-10-11-29-26(28)17-20/h1,6-11,17-18H,5,12-16H2,2-3H3,(H2,28,29). The highest BCUT2D eigenvalue weighted by Gasteiger charge is 2.21. The molecule has 1 aliphatic rings. The molecule has 0 radical (unpaired) electrons. The maximum Gasteiger partial charge on any atom is 0.165 e. The molecule has 4 aromatic rings. The molecule has 1 saturated heterocycles. The third kappa shape index (κ3) is 4.51. The van der Waals surface area contributed by atoms with Gasteiger partial charge in [-0.25, -0.2) is 15.0 Å². The zero-order valence-corrected chi connectivity index (χ0v) is 20.1. The number of aryl methyl sites for hydroxylation is 1. The zero-order chi connectivity index (χ0) is 24.4. The number of aromatic nitrogens is 4. The molecule has 1 fully saturated rings. The highest BCUT2D eigenvalue weighted by molar-refractivity contribution is 5.79. The van der Waals surface area contributed by atoms with E-state index >= 15 is 0 Å². The summed E-state index contributed by atoms with van der Waals surface area (Å²) in [4.78, 5) is 18.5. The quantitative estimate of drug-likeness (QED) is 0.434. The van der Waals surface area contributed by atoms with Crippen molar-refractivity contribution in [1.82, 2.24) is 24.4 Å². The minimum Gasteiger partial charge on any atom is -0.495 e. The van der Waals surface area contributed by atoms with Crippen molar-refractivity contribution in [2.75, 3.05) is 50.5 Å². The van der Waals surface area contributed by atoms with Gasteiger partial charge in [0.2, 0.25) is 0 Å². The number of nitrogens with two attached hydrogens (primary N) is 1. The first-order chi connectivity index (χ1) is 17.1. The van der Waals surface area contributed by atoms with Gasteiger partial charge in [0.15, 0.2) is 5.65 Å². The van der Waals surface area contributed by atoms with Gasteiger partial charge in [0.05, 0.1) is 24.2 Å². The van der Waals surface area contributed by atoms with E-state index in [0.29, 0.717) is 5.82 Å². The Morgan fingerprint density at radius 3 is 2.63 bits per heavy atom. The maximum atomic E-state index is 5.89. The molecule has 1 aromatic carbocycles. The summed E-state index contributed by atoms with van der Waals surface area (Å²) in [5.74, 6) is 4.89. The first-order valence-electron chi connectivity index (χ1n) is 11.7. The van der Waals surface area contributed by atoms with Crippen LogP contribution in [0, 0.1) is 19.3 Å². The number of nitrogens with zero attached hydrogens (tertiary/aromatic N) is 6. The third-order valence-corrected chi connectivity index (χ3v) is 6.46. The van der Waals surface area contributed by atoms with E-state index in [9.17, 15) is 0 Å². The minimum atomic E-state index is 0.464. The number of anilines is 2. The molecule has 5 rings (SSSR count). The van der Waals surface area contributed by atoms with Crippen LogP contribution in [0.15, 0.2) is 48.7 Å². The van der Waals surface area contributed by atoms with Gasteiger partial charge in [0, 0.05) is 57.0 Å². The Morgan fingerprint density at radius 1 is 1.06 bits per heavy atom. The summed E-state index contributed by atoms with van der Waals surface area (Å²) in [5.41, 5.74) is 11.3. The monoisotopic (exact) mass is 467 g/mol. The normalized spacial score (nSPS) is 14.3. The summed E-state index contributed by atoms with van der Waals surface area (Å²) in [6.45, 7) is 6.80. The Bertz CT molecular complexity index is 1400. The largest absolute Gasteiger partial charge is 0.495 e. The number of imidazole rings is 1. The molecule has 35 heavy (non-hydrogen) atoms. The first-order valence-corrected chi connectivity index (χ1v) is 11.7. The molecule has 0 spiro atoms. The van der Waals surface area contributed by atoms with Crippen molar-refractivity contribution in [2.24, 2.45) is 0 Å². The number of pyridine rings is 2. The number of piperazine rings is 1. The number of benzene rings is 1. The second-order valence-electron chi connectivity index (χ2n) is 8.64. The van der Waals surface area contributed by atoms with E-state index in [1.807, 2.05) is 31.2 Å². The second-order valence-corrected chi connectivity index (χ2v) is 8.64. The predicted octanol–water partition coefficient (Wildman–Crippen LogP) is 3.53. The van der Waals surface area contributed by atoms with Gasteiger partial charge in [0.25, 0.3) is 0 Å². The number of nitrogen functional groups attached to an aromatic ring is 1. The first kappa shape index (κ1) is 22.7. The number of hydrogen-bond acceptors (Lipinski definition) is 7. The van der Waals surface area contributed by atoms with Gasteiger partial charge in [0.1, 0.15) is 22.9 Å². The van der Waals surface area contributed by atoms with Crippen LogP contribution in [0.4, 0.5) is 11.5 Å². The van der Waals surface area contributed by atoms with Crippen LogP contribution >= 0.6 is 0 Å². The van der Waals surface area contributed by atoms with Gasteiger partial charge >= 0.3 is 0 Å². The molecule has 8 nitrogen and oxygen atoms in total. The van der Waals surface area contributed by atoms with Gasteiger partial charge in [-0.2, -0.15) is 0 Å². The number of rotatable bonds is 6. The van der Waals surface area contributed by atoms with Crippen molar-refractivity contribution in [3.05, 3.63) is 54.5 Å². The number of fused-ring (bicyclic) bond motifs is 1. The highest BCUT2D eigenvalue weighted by atomic mass is 16.5. The summed E-state index contributed by atoms with van der Waals surface area (Å²) < 4.78 is 7.89. The van der Waals surface area contributed by atoms with E-state index < -0.39 is 0 Å². The van der Waals surface area contributed by atoms with Crippen molar-refractivity contribution in [1.29, 1.82) is 0 Å². The molecule has 0 unspecified atom stereocenters. The zero-order valence-electron chi connectivity index (χ0n) is 20.1. The summed E-state index contributed by atoms with van der Waals surface area (Å²) in [6.07, 6.45) is 7.91. The fourth-order valence-electron chi connectivity index (χ4n) is 4.65. The van der Waals surface area contributed by atoms with Crippen molar-refractivity contribution >= 4 is 22.7 Å². The number of hydrogen-bond donors (Lipinski definition) is 1. The summed E-state index contributed by atoms with van der Waals surface area (Å²) >= 11 is 0. The van der Waals surface area contributed by atoms with Crippen LogP contribution in [-0.4, -0.2) is 64.3 Å². The molecule has 178 valence electrons. The van der Waals surface area contributed by atoms with Gasteiger partial charge in [-0.05, 0) is 43.3 Å². The molecule has 0 aliphatic carbocycles. The number of terminal acetylenes is 1. The third-order valence-electron chi connectivity index (χ3n) is 6.46. The molecule has 1 aliphatic heterocycles. The molecule has 4 heterocycles. The smallest absolute Gasteiger partial charge is 0.165 e. The van der Waals surface area contributed by atoms with Crippen LogP contribution in [-0.2, 0) is 0 Å². The van der Waals surface area contributed by atoms with Crippen molar-refractivity contribution < 1.29 is 4.74 Å². The molecule has 0 amide bonds. The Hall–Kier alpha value is -4.09. The fraction of sp³-hybridized carbons (Fsp3) is 0.296. The lowest BCUT2D eigenvalue weighted by molar-refractivity contribution is 0.263. The van der Waals surface area contributed by atoms with E-state index in [-0.39, 0.29) is 0 Å². The number of methoxy groups -OCH3 is 1. The maximum absolute atomic E-state index is 5.89. The van der Waals surface area contributed by atoms with Crippen LogP contribution in [0.3, 0.4) is 0 Å². The van der Waals surface area contributed by atoms with Gasteiger partial charge < -0.3 is 15.4 Å². The molecule has 0 atom stereocenters. The lowest BCUT2D eigenvalue weighted by Crippen LogP contribution is -2.46. The fourth-order valence-corrected chi connectivity index (χ4v) is 4.65. The number of ether oxygens (including phenoxy) is 1. The lowest BCUT2D eigenvalue weighted by Gasteiger charge is -2.36. The van der Waals surface area contributed by atoms with Crippen LogP contribution < -0.4 is 15.4 Å². The van der Waals surface area contributed by atoms with Gasteiger partial charge in [-0.15, -0.1) is 12.3 Å². The molecule has 0 saturated carbocycles. The Kier molecular flexibility index (Phi) is 6.25. The van der Waals surface area contributed by atoms with Gasteiger partial charge in [-0.3, -0.25) is 9.47 Å². The van der Waals surface area contributed by atoms with Gasteiger partial charge in [-0.1, -0.05) is 0 Å². The topological polar surface area (TPSA) is 85.3 Å². The average molecular weight is 468 g/mol. The van der Waals surface area contributed by atoms with Crippen molar-refractivity contribution in [3.63, 3.8) is 0 Å². The van der Waals surface area contributed by atoms with Crippen LogP contribution in [0.5, 0.6) is 5.75 Å². The minimum absolute atomic E-state index is 0.464. The molecule has 2 N–H and O–H groups in total. The highest BCUT2D eigenvalue weighted by Crippen LogP contribution is 2.33. The predicted molar refractivity (Wildman–Crippen MR) is 140 cm³/mol. The molecule has 8 heteroatoms. The van der Waals surface area contributed by atoms with Crippen molar-refractivity contribution in [3.8, 4) is 35.0 Å². The van der Waals surface area contributed by atoms with Crippen LogP contribution in [0.2, 0.25) is 0 Å². The Balaban J connectivity index is 1.47. The lowest BCUT2D eigenvalue weighted by atomic mass is 10.1. The summed E-state index contributed by atoms with van der Waals surface area (Å²) in [5, 5.41) is 0. The van der Waals surface area contributed by atoms with E-state index in [2.05, 4.69) is 43.5 Å². The van der Waals surface area contributed by atoms with E-state index in [1.54, 1.807) is 13.3 Å². The Labute approximate surface area is 205 Å². The molecular formula is C27H29N7O. The van der Waals surface area contributed by atoms with E-state index in [0.717, 1.165) is 84.5 Å². The van der Waals surface area contributed by atoms with Crippen LogP contribution in [0.25, 0.3) is 28.1 Å². The van der Waals surface area contributed by atoms with Crippen molar-refractivity contribution in [2.45, 2.75) is 13.3 Å². The Morgan fingerprint density at radius 2 is 1.89 bits per heavy atom. The van der Waals surface area contributed by atoms with Crippen LogP contribution in [0.1, 0.15) is 12.2 Å². The SMILES string of the molecule is C#CCCN1CCN(c2ccc(-n3c(C)nc4ccc(-c5ccnc(N)c5)nc43)cc2OC)CC1. The average Bonchev–Trinajstić information content (AvgIpc) is 3.22. The molecular weight excluding hydrogens is 438 g/mol. The molecule has 0 bridgehead atoms. The van der Waals surface area contributed by atoms with E-state index in [1.165, 1.54) is 0 Å². The second kappa shape index (κ2) is 9.65.